The van der Waals surface area contributed by atoms with Gasteiger partial charge in [0, 0.05) is 0 Å². The third kappa shape index (κ3) is 4.31. The molecule has 0 aliphatic heterocycles. The molecule has 82 valence electrons. The van der Waals surface area contributed by atoms with Gasteiger partial charge >= 0.3 is 10.5 Å². The van der Waals surface area contributed by atoms with Gasteiger partial charge in [0.25, 0.3) is 0 Å². The average molecular weight is 234 g/mol. The third-order valence-corrected chi connectivity index (χ3v) is 1.78. The van der Waals surface area contributed by atoms with Crippen LogP contribution in [0.1, 0.15) is 5.56 Å². The Labute approximate surface area is 77.4 Å². The van der Waals surface area contributed by atoms with Crippen LogP contribution in [0.4, 0.5) is 19.4 Å². The first-order valence-electron chi connectivity index (χ1n) is 3.46. The minimum atomic E-state index is -9.81. The summed E-state index contributed by atoms with van der Waals surface area (Å²) in [6.07, 6.45) is 0. The SMILES string of the molecule is Cc1ccc(OS(F)(F)(F)(F)F)cc1. The van der Waals surface area contributed by atoms with E-state index in [1.54, 1.807) is 6.92 Å². The van der Waals surface area contributed by atoms with Gasteiger partial charge in [0.2, 0.25) is 0 Å². The van der Waals surface area contributed by atoms with E-state index < -0.39 is 16.3 Å². The fourth-order valence-electron chi connectivity index (χ4n) is 0.776. The molecule has 0 amide bonds. The van der Waals surface area contributed by atoms with E-state index in [4.69, 9.17) is 0 Å². The highest BCUT2D eigenvalue weighted by molar-refractivity contribution is 8.42. The Bertz CT molecular complexity index is 339. The number of hydrogen-bond donors (Lipinski definition) is 0. The highest BCUT2D eigenvalue weighted by Crippen LogP contribution is 2.97. The molecule has 0 aromatic heterocycles. The van der Waals surface area contributed by atoms with Gasteiger partial charge in [0.05, 0.1) is 0 Å². The smallest absolute Gasteiger partial charge is 0.355 e. The second-order valence-corrected chi connectivity index (χ2v) is 4.76. The van der Waals surface area contributed by atoms with Crippen molar-refractivity contribution >= 4 is 10.5 Å². The van der Waals surface area contributed by atoms with Crippen LogP contribution in [0.15, 0.2) is 24.3 Å². The number of benzene rings is 1. The highest BCUT2D eigenvalue weighted by Gasteiger charge is 2.67. The fraction of sp³-hybridized carbons (Fsp3) is 0.143. The second-order valence-electron chi connectivity index (χ2n) is 2.79. The fourth-order valence-corrected chi connectivity index (χ4v) is 1.25. The highest BCUT2D eigenvalue weighted by atomic mass is 32.5. The monoisotopic (exact) mass is 234 g/mol. The molecular weight excluding hydrogens is 227 g/mol. The summed E-state index contributed by atoms with van der Waals surface area (Å²) in [6.45, 7) is 1.61. The molecule has 1 nitrogen and oxygen atoms in total. The van der Waals surface area contributed by atoms with Gasteiger partial charge in [-0.1, -0.05) is 37.1 Å². The first kappa shape index (κ1) is 11.1. The number of hydrogen-bond acceptors (Lipinski definition) is 1. The van der Waals surface area contributed by atoms with Crippen molar-refractivity contribution in [3.05, 3.63) is 29.8 Å². The second kappa shape index (κ2) is 2.33. The Kier molecular flexibility index (Phi) is 1.85. The Morgan fingerprint density at radius 1 is 0.929 bits per heavy atom. The normalized spacial score (nSPS) is 17.0. The summed E-state index contributed by atoms with van der Waals surface area (Å²) in [5.41, 5.74) is 0.652. The molecule has 14 heavy (non-hydrogen) atoms. The number of halogens is 5. The molecule has 0 saturated heterocycles. The van der Waals surface area contributed by atoms with E-state index in [1.165, 1.54) is 12.1 Å². The van der Waals surface area contributed by atoms with Crippen molar-refractivity contribution in [1.82, 2.24) is 0 Å². The van der Waals surface area contributed by atoms with Gasteiger partial charge < -0.3 is 4.18 Å². The van der Waals surface area contributed by atoms with E-state index in [1.807, 2.05) is 0 Å². The van der Waals surface area contributed by atoms with E-state index >= 15 is 0 Å². The lowest BCUT2D eigenvalue weighted by Crippen LogP contribution is -2.13. The molecule has 0 unspecified atom stereocenters. The number of rotatable bonds is 2. The first-order valence-corrected chi connectivity index (χ1v) is 5.34. The predicted octanol–water partition coefficient (Wildman–Crippen LogP) is 4.59. The number of aryl methyl sites for hydroxylation is 1. The predicted molar refractivity (Wildman–Crippen MR) is 44.9 cm³/mol. The molecule has 0 radical (unpaired) electrons. The first-order chi connectivity index (χ1) is 5.95. The average Bonchev–Trinajstić information content (AvgIpc) is 1.88. The summed E-state index contributed by atoms with van der Waals surface area (Å²) < 4.78 is 61.7. The summed E-state index contributed by atoms with van der Waals surface area (Å²) in [5, 5.41) is 0. The van der Waals surface area contributed by atoms with Crippen LogP contribution in [-0.4, -0.2) is 0 Å². The van der Waals surface area contributed by atoms with Crippen molar-refractivity contribution in [3.8, 4) is 5.75 Å². The zero-order valence-corrected chi connectivity index (χ0v) is 7.83. The quantitative estimate of drug-likeness (QED) is 0.680. The molecule has 0 aliphatic carbocycles. The summed E-state index contributed by atoms with van der Waals surface area (Å²) in [7, 11) is -9.81. The Balaban J connectivity index is 2.97. The lowest BCUT2D eigenvalue weighted by molar-refractivity contribution is 0.243. The van der Waals surface area contributed by atoms with Crippen LogP contribution in [0.3, 0.4) is 0 Å². The van der Waals surface area contributed by atoms with Crippen molar-refractivity contribution < 1.29 is 23.6 Å². The molecule has 0 saturated carbocycles. The van der Waals surface area contributed by atoms with E-state index in [0.29, 0.717) is 5.56 Å². The molecule has 7 heteroatoms. The van der Waals surface area contributed by atoms with Crippen molar-refractivity contribution in [2.45, 2.75) is 6.92 Å². The van der Waals surface area contributed by atoms with E-state index in [0.717, 1.165) is 12.1 Å². The van der Waals surface area contributed by atoms with Crippen LogP contribution in [0.5, 0.6) is 5.75 Å². The zero-order chi connectivity index (χ0) is 11.1. The van der Waals surface area contributed by atoms with Crippen molar-refractivity contribution in [2.24, 2.45) is 0 Å². The van der Waals surface area contributed by atoms with Crippen LogP contribution in [-0.2, 0) is 0 Å². The minimum absolute atomic E-state index is 0.652. The molecule has 0 N–H and O–H groups in total. The van der Waals surface area contributed by atoms with Crippen LogP contribution in [0.25, 0.3) is 0 Å². The van der Waals surface area contributed by atoms with E-state index in [-0.39, 0.29) is 0 Å². The lowest BCUT2D eigenvalue weighted by atomic mass is 10.2. The molecule has 1 aromatic rings. The molecule has 0 aliphatic rings. The molecule has 0 spiro atoms. The van der Waals surface area contributed by atoms with Crippen LogP contribution in [0, 0.1) is 6.92 Å². The topological polar surface area (TPSA) is 9.23 Å². The van der Waals surface area contributed by atoms with Gasteiger partial charge in [-0.3, -0.25) is 0 Å². The van der Waals surface area contributed by atoms with Crippen LogP contribution < -0.4 is 4.18 Å². The standard InChI is InChI=1S/C7H7F5OS/c1-6-2-4-7(5-3-6)13-14(8,9,10,11)12/h2-5H,1H3. The van der Waals surface area contributed by atoms with Crippen molar-refractivity contribution in [1.29, 1.82) is 0 Å². The molecule has 1 aromatic carbocycles. The summed E-state index contributed by atoms with van der Waals surface area (Å²) in [6, 6.07) is 4.18. The third-order valence-electron chi connectivity index (χ3n) is 1.27. The van der Waals surface area contributed by atoms with Crippen molar-refractivity contribution in [2.75, 3.05) is 0 Å². The van der Waals surface area contributed by atoms with Gasteiger partial charge in [-0.15, -0.1) is 0 Å². The van der Waals surface area contributed by atoms with Gasteiger partial charge in [-0.2, -0.15) is 0 Å². The van der Waals surface area contributed by atoms with Crippen molar-refractivity contribution in [3.63, 3.8) is 0 Å². The van der Waals surface area contributed by atoms with E-state index in [9.17, 15) is 19.4 Å². The molecule has 0 heterocycles. The Hall–Kier alpha value is -0.980. The Morgan fingerprint density at radius 3 is 1.71 bits per heavy atom. The minimum Gasteiger partial charge on any atom is -0.355 e. The van der Waals surface area contributed by atoms with Gasteiger partial charge in [0.15, 0.2) is 0 Å². The summed E-state index contributed by atoms with van der Waals surface area (Å²) in [5.74, 6) is -0.908. The molecule has 0 fully saturated rings. The zero-order valence-electron chi connectivity index (χ0n) is 7.02. The molecule has 0 atom stereocenters. The van der Waals surface area contributed by atoms with E-state index in [2.05, 4.69) is 4.18 Å². The Morgan fingerprint density at radius 2 is 1.36 bits per heavy atom. The summed E-state index contributed by atoms with van der Waals surface area (Å²) >= 11 is 0. The van der Waals surface area contributed by atoms with Crippen LogP contribution >= 0.6 is 10.5 Å². The largest absolute Gasteiger partial charge is 0.435 e. The van der Waals surface area contributed by atoms with Crippen LogP contribution in [0.2, 0.25) is 0 Å². The van der Waals surface area contributed by atoms with Gasteiger partial charge in [-0.25, -0.2) is 0 Å². The van der Waals surface area contributed by atoms with Gasteiger partial charge in [-0.05, 0) is 19.1 Å². The van der Waals surface area contributed by atoms with Gasteiger partial charge in [0.1, 0.15) is 5.75 Å². The lowest BCUT2D eigenvalue weighted by Gasteiger charge is -2.39. The maximum absolute atomic E-state index is 11.8. The molecular formula is C7H7F5OS. The summed E-state index contributed by atoms with van der Waals surface area (Å²) in [4.78, 5) is 0. The molecule has 1 rings (SSSR count). The maximum Gasteiger partial charge on any atom is 0.435 e. The maximum atomic E-state index is 11.8. The molecule has 0 bridgehead atoms.